The van der Waals surface area contributed by atoms with E-state index in [2.05, 4.69) is 25.7 Å². The third-order valence-corrected chi connectivity index (χ3v) is 4.18. The second-order valence-electron chi connectivity index (χ2n) is 5.67. The van der Waals surface area contributed by atoms with Gasteiger partial charge in [-0.1, -0.05) is 36.7 Å². The van der Waals surface area contributed by atoms with Crippen LogP contribution in [0.15, 0.2) is 55.2 Å². The van der Waals surface area contributed by atoms with Crippen molar-refractivity contribution in [2.75, 3.05) is 0 Å². The molecule has 1 aromatic carbocycles. The fraction of sp³-hybridized carbons (Fsp3) is 0.222. The van der Waals surface area contributed by atoms with Crippen molar-refractivity contribution in [3.63, 3.8) is 0 Å². The van der Waals surface area contributed by atoms with Gasteiger partial charge in [0.1, 0.15) is 12.7 Å². The minimum atomic E-state index is -0.250. The van der Waals surface area contributed by atoms with Crippen molar-refractivity contribution in [3.05, 3.63) is 71.4 Å². The van der Waals surface area contributed by atoms with Gasteiger partial charge >= 0.3 is 6.03 Å². The number of urea groups is 1. The molecule has 2 N–H and O–H groups in total. The van der Waals surface area contributed by atoms with Crippen molar-refractivity contribution < 1.29 is 4.79 Å². The molecule has 0 fully saturated rings. The van der Waals surface area contributed by atoms with E-state index in [9.17, 15) is 4.79 Å². The molecule has 0 radical (unpaired) electrons. The monoisotopic (exact) mass is 370 g/mol. The number of hydrogen-bond acceptors (Lipinski definition) is 4. The number of carbonyl (C=O) groups excluding carboxylic acids is 1. The first kappa shape index (κ1) is 17.9. The molecule has 2 heterocycles. The van der Waals surface area contributed by atoms with Crippen LogP contribution in [0.25, 0.3) is 5.82 Å². The van der Waals surface area contributed by atoms with Gasteiger partial charge in [-0.2, -0.15) is 5.10 Å². The SMILES string of the molecule is CCC(NC(=O)NCc1cccnc1-n1cncn1)c1ccc(Cl)cc1. The molecule has 0 spiro atoms. The smallest absolute Gasteiger partial charge is 0.315 e. The van der Waals surface area contributed by atoms with E-state index in [-0.39, 0.29) is 12.1 Å². The van der Waals surface area contributed by atoms with Gasteiger partial charge in [-0.25, -0.2) is 19.4 Å². The molecule has 26 heavy (non-hydrogen) atoms. The standard InChI is InChI=1S/C18H19ClN6O/c1-2-16(13-5-7-15(19)8-6-13)24-18(26)22-10-14-4-3-9-21-17(14)25-12-20-11-23-25/h3-9,11-12,16H,2,10H2,1H3,(H2,22,24,26). The summed E-state index contributed by atoms with van der Waals surface area (Å²) in [4.78, 5) is 20.6. The molecular formula is C18H19ClN6O. The third kappa shape index (κ3) is 4.37. The third-order valence-electron chi connectivity index (χ3n) is 3.93. The van der Waals surface area contributed by atoms with Crippen LogP contribution in [-0.2, 0) is 6.54 Å². The van der Waals surface area contributed by atoms with E-state index >= 15 is 0 Å². The molecule has 1 atom stereocenters. The maximum Gasteiger partial charge on any atom is 0.315 e. The van der Waals surface area contributed by atoms with E-state index in [1.165, 1.54) is 6.33 Å². The summed E-state index contributed by atoms with van der Waals surface area (Å²) in [5.74, 6) is 0.634. The molecule has 2 amide bonds. The van der Waals surface area contributed by atoms with Crippen molar-refractivity contribution in [1.82, 2.24) is 30.4 Å². The lowest BCUT2D eigenvalue weighted by Gasteiger charge is -2.18. The summed E-state index contributed by atoms with van der Waals surface area (Å²) in [5, 5.41) is 10.6. The Morgan fingerprint density at radius 1 is 1.27 bits per heavy atom. The Hall–Kier alpha value is -2.93. The average molecular weight is 371 g/mol. The number of rotatable bonds is 6. The van der Waals surface area contributed by atoms with Crippen LogP contribution >= 0.6 is 11.6 Å². The van der Waals surface area contributed by atoms with Gasteiger partial charge in [0.05, 0.1) is 6.04 Å². The van der Waals surface area contributed by atoms with Gasteiger partial charge < -0.3 is 10.6 Å². The fourth-order valence-corrected chi connectivity index (χ4v) is 2.72. The van der Waals surface area contributed by atoms with E-state index in [4.69, 9.17) is 11.6 Å². The lowest BCUT2D eigenvalue weighted by atomic mass is 10.1. The second kappa shape index (κ2) is 8.44. The zero-order chi connectivity index (χ0) is 18.4. The van der Waals surface area contributed by atoms with Gasteiger partial charge in [0.2, 0.25) is 0 Å². The highest BCUT2D eigenvalue weighted by Crippen LogP contribution is 2.19. The van der Waals surface area contributed by atoms with Gasteiger partial charge in [-0.15, -0.1) is 0 Å². The highest BCUT2D eigenvalue weighted by Gasteiger charge is 2.13. The predicted molar refractivity (Wildman–Crippen MR) is 99.0 cm³/mol. The summed E-state index contributed by atoms with van der Waals surface area (Å²) in [6.07, 6.45) is 5.45. The Labute approximate surface area is 156 Å². The fourth-order valence-electron chi connectivity index (χ4n) is 2.59. The number of halogens is 1. The number of benzene rings is 1. The van der Waals surface area contributed by atoms with Gasteiger partial charge in [-0.05, 0) is 30.2 Å². The lowest BCUT2D eigenvalue weighted by molar-refractivity contribution is 0.236. The normalized spacial score (nSPS) is 11.8. The minimum Gasteiger partial charge on any atom is -0.334 e. The number of nitrogens with one attached hydrogen (secondary N) is 2. The predicted octanol–water partition coefficient (Wildman–Crippen LogP) is 3.27. The molecule has 2 aromatic heterocycles. The Kier molecular flexibility index (Phi) is 5.80. The zero-order valence-electron chi connectivity index (χ0n) is 14.3. The summed E-state index contributed by atoms with van der Waals surface area (Å²) in [7, 11) is 0. The van der Waals surface area contributed by atoms with E-state index < -0.39 is 0 Å². The quantitative estimate of drug-likeness (QED) is 0.697. The number of nitrogens with zero attached hydrogens (tertiary/aromatic N) is 4. The Morgan fingerprint density at radius 3 is 2.77 bits per heavy atom. The van der Waals surface area contributed by atoms with Crippen LogP contribution in [0.3, 0.4) is 0 Å². The van der Waals surface area contributed by atoms with E-state index in [0.29, 0.717) is 17.4 Å². The molecule has 1 unspecified atom stereocenters. The van der Waals surface area contributed by atoms with E-state index in [1.54, 1.807) is 17.2 Å². The summed E-state index contributed by atoms with van der Waals surface area (Å²) in [6, 6.07) is 10.8. The van der Waals surface area contributed by atoms with E-state index in [0.717, 1.165) is 17.5 Å². The van der Waals surface area contributed by atoms with Gasteiger partial charge in [0.15, 0.2) is 5.82 Å². The summed E-state index contributed by atoms with van der Waals surface area (Å²) in [6.45, 7) is 2.34. The highest BCUT2D eigenvalue weighted by atomic mass is 35.5. The number of carbonyl (C=O) groups is 1. The Morgan fingerprint density at radius 2 is 2.08 bits per heavy atom. The maximum absolute atomic E-state index is 12.3. The Bertz CT molecular complexity index is 850. The molecule has 7 nitrogen and oxygen atoms in total. The highest BCUT2D eigenvalue weighted by molar-refractivity contribution is 6.30. The van der Waals surface area contributed by atoms with Crippen molar-refractivity contribution in [2.24, 2.45) is 0 Å². The number of hydrogen-bond donors (Lipinski definition) is 2. The molecule has 3 aromatic rings. The first-order valence-corrected chi connectivity index (χ1v) is 8.64. The summed E-state index contributed by atoms with van der Waals surface area (Å²) in [5.41, 5.74) is 1.85. The van der Waals surface area contributed by atoms with Crippen molar-refractivity contribution in [3.8, 4) is 5.82 Å². The van der Waals surface area contributed by atoms with Crippen LogP contribution in [0.5, 0.6) is 0 Å². The van der Waals surface area contributed by atoms with Crippen molar-refractivity contribution in [1.29, 1.82) is 0 Å². The van der Waals surface area contributed by atoms with Gasteiger partial charge in [-0.3, -0.25) is 0 Å². The molecule has 0 aliphatic rings. The van der Waals surface area contributed by atoms with Gasteiger partial charge in [0.25, 0.3) is 0 Å². The first-order chi connectivity index (χ1) is 12.7. The van der Waals surface area contributed by atoms with Crippen LogP contribution in [0.4, 0.5) is 4.79 Å². The lowest BCUT2D eigenvalue weighted by Crippen LogP contribution is -2.37. The number of amides is 2. The van der Waals surface area contributed by atoms with Gasteiger partial charge in [0, 0.05) is 23.3 Å². The topological polar surface area (TPSA) is 84.7 Å². The molecule has 3 rings (SSSR count). The summed E-state index contributed by atoms with van der Waals surface area (Å²) >= 11 is 5.92. The van der Waals surface area contributed by atoms with E-state index in [1.807, 2.05) is 43.3 Å². The van der Waals surface area contributed by atoms with Crippen LogP contribution in [0.2, 0.25) is 5.02 Å². The maximum atomic E-state index is 12.3. The number of pyridine rings is 1. The largest absolute Gasteiger partial charge is 0.334 e. The summed E-state index contributed by atoms with van der Waals surface area (Å²) < 4.78 is 1.57. The van der Waals surface area contributed by atoms with Crippen molar-refractivity contribution >= 4 is 17.6 Å². The van der Waals surface area contributed by atoms with Crippen LogP contribution in [-0.4, -0.2) is 25.8 Å². The molecule has 134 valence electrons. The average Bonchev–Trinajstić information content (AvgIpc) is 3.20. The zero-order valence-corrected chi connectivity index (χ0v) is 15.0. The molecule has 0 aliphatic carbocycles. The molecule has 0 saturated heterocycles. The van der Waals surface area contributed by atoms with Crippen LogP contribution in [0.1, 0.15) is 30.5 Å². The minimum absolute atomic E-state index is 0.0871. The van der Waals surface area contributed by atoms with Crippen molar-refractivity contribution in [2.45, 2.75) is 25.9 Å². The molecule has 0 saturated carbocycles. The Balaban J connectivity index is 1.63. The van der Waals surface area contributed by atoms with Crippen LogP contribution < -0.4 is 10.6 Å². The molecule has 8 heteroatoms. The first-order valence-electron chi connectivity index (χ1n) is 8.26. The molecule has 0 bridgehead atoms. The number of aromatic nitrogens is 4. The molecule has 0 aliphatic heterocycles. The van der Waals surface area contributed by atoms with Crippen LogP contribution in [0, 0.1) is 0 Å². The molecular weight excluding hydrogens is 352 g/mol. The second-order valence-corrected chi connectivity index (χ2v) is 6.10.